The van der Waals surface area contributed by atoms with Gasteiger partial charge in [0, 0.05) is 5.56 Å². The first-order valence-electron chi connectivity index (χ1n) is 3.44. The molecule has 1 aromatic carbocycles. The first kappa shape index (κ1) is 9.25. The van der Waals surface area contributed by atoms with Crippen molar-refractivity contribution in [3.8, 4) is 5.75 Å². The van der Waals surface area contributed by atoms with Crippen LogP contribution in [0.25, 0.3) is 6.08 Å². The minimum absolute atomic E-state index is 0.0670. The highest BCUT2D eigenvalue weighted by molar-refractivity contribution is 5.88. The molecule has 0 heterocycles. The predicted molar refractivity (Wildman–Crippen MR) is 45.1 cm³/mol. The minimum atomic E-state index is -1.25. The van der Waals surface area contributed by atoms with Crippen LogP contribution in [0.3, 0.4) is 0 Å². The molecule has 4 heteroatoms. The van der Waals surface area contributed by atoms with Gasteiger partial charge < -0.3 is 10.2 Å². The number of phenolic OH excluding ortho intramolecular Hbond substituents is 1. The molecule has 0 radical (unpaired) electrons. The molecule has 0 amide bonds. The normalized spacial score (nSPS) is 9.62. The molecular formula is C9H7FO3. The lowest BCUT2D eigenvalue weighted by Gasteiger charge is -2.02. The zero-order chi connectivity index (χ0) is 10.0. The van der Waals surface area contributed by atoms with Gasteiger partial charge in [-0.2, -0.15) is 0 Å². The van der Waals surface area contributed by atoms with E-state index in [4.69, 9.17) is 10.2 Å². The summed E-state index contributed by atoms with van der Waals surface area (Å²) < 4.78 is 12.8. The van der Waals surface area contributed by atoms with E-state index < -0.39 is 17.5 Å². The summed E-state index contributed by atoms with van der Waals surface area (Å²) >= 11 is 0. The summed E-state index contributed by atoms with van der Waals surface area (Å²) in [6.45, 7) is 3.31. The Bertz CT molecular complexity index is 371. The third-order valence-corrected chi connectivity index (χ3v) is 1.56. The summed E-state index contributed by atoms with van der Waals surface area (Å²) in [4.78, 5) is 10.5. The molecule has 2 N–H and O–H groups in total. The lowest BCUT2D eigenvalue weighted by atomic mass is 10.1. The topological polar surface area (TPSA) is 57.5 Å². The summed E-state index contributed by atoms with van der Waals surface area (Å²) in [5.74, 6) is -2.79. The summed E-state index contributed by atoms with van der Waals surface area (Å²) in [5.41, 5.74) is -0.150. The van der Waals surface area contributed by atoms with Crippen LogP contribution in [-0.4, -0.2) is 16.2 Å². The van der Waals surface area contributed by atoms with E-state index in [1.807, 2.05) is 0 Å². The van der Waals surface area contributed by atoms with Crippen molar-refractivity contribution >= 4 is 12.0 Å². The highest BCUT2D eigenvalue weighted by Crippen LogP contribution is 2.23. The second kappa shape index (κ2) is 3.26. The smallest absolute Gasteiger partial charge is 0.335 e. The maximum Gasteiger partial charge on any atom is 0.335 e. The molecule has 0 unspecified atom stereocenters. The molecule has 0 saturated heterocycles. The van der Waals surface area contributed by atoms with Gasteiger partial charge in [-0.1, -0.05) is 12.7 Å². The van der Waals surface area contributed by atoms with Crippen molar-refractivity contribution in [3.05, 3.63) is 35.7 Å². The molecule has 0 atom stereocenters. The number of carboxylic acid groups (broad SMARTS) is 1. The van der Waals surface area contributed by atoms with E-state index in [9.17, 15) is 9.18 Å². The van der Waals surface area contributed by atoms with Gasteiger partial charge in [-0.3, -0.25) is 0 Å². The van der Waals surface area contributed by atoms with Gasteiger partial charge in [-0.15, -0.1) is 0 Å². The summed E-state index contributed by atoms with van der Waals surface area (Å²) in [5, 5.41) is 17.6. The molecule has 0 aliphatic carbocycles. The fourth-order valence-corrected chi connectivity index (χ4v) is 0.899. The number of rotatable bonds is 2. The van der Waals surface area contributed by atoms with Crippen LogP contribution in [0.5, 0.6) is 5.75 Å². The third kappa shape index (κ3) is 1.66. The van der Waals surface area contributed by atoms with Crippen molar-refractivity contribution in [2.45, 2.75) is 0 Å². The average Bonchev–Trinajstić information content (AvgIpc) is 2.09. The largest absolute Gasteiger partial charge is 0.504 e. The van der Waals surface area contributed by atoms with Gasteiger partial charge in [0.2, 0.25) is 0 Å². The quantitative estimate of drug-likeness (QED) is 0.734. The van der Waals surface area contributed by atoms with Gasteiger partial charge in [-0.25, -0.2) is 9.18 Å². The average molecular weight is 182 g/mol. The lowest BCUT2D eigenvalue weighted by molar-refractivity contribution is 0.0696. The zero-order valence-electron chi connectivity index (χ0n) is 6.62. The van der Waals surface area contributed by atoms with E-state index in [0.717, 1.165) is 12.1 Å². The molecule has 13 heavy (non-hydrogen) atoms. The summed E-state index contributed by atoms with van der Waals surface area (Å²) in [6.07, 6.45) is 1.19. The number of carbonyl (C=O) groups is 1. The van der Waals surface area contributed by atoms with Crippen molar-refractivity contribution < 1.29 is 19.4 Å². The van der Waals surface area contributed by atoms with E-state index in [-0.39, 0.29) is 11.1 Å². The van der Waals surface area contributed by atoms with E-state index >= 15 is 0 Å². The summed E-state index contributed by atoms with van der Waals surface area (Å²) in [7, 11) is 0. The summed E-state index contributed by atoms with van der Waals surface area (Å²) in [6, 6.07) is 1.90. The van der Waals surface area contributed by atoms with Gasteiger partial charge in [0.05, 0.1) is 5.56 Å². The second-order valence-electron chi connectivity index (χ2n) is 2.41. The molecule has 0 aromatic heterocycles. The Kier molecular flexibility index (Phi) is 2.32. The Hall–Kier alpha value is -1.84. The van der Waals surface area contributed by atoms with Crippen molar-refractivity contribution in [1.29, 1.82) is 0 Å². The van der Waals surface area contributed by atoms with Crippen LogP contribution in [0, 0.1) is 5.82 Å². The van der Waals surface area contributed by atoms with E-state index in [0.29, 0.717) is 0 Å². The Morgan fingerprint density at radius 2 is 2.15 bits per heavy atom. The molecule has 3 nitrogen and oxygen atoms in total. The number of aromatic hydroxyl groups is 1. The van der Waals surface area contributed by atoms with Crippen LogP contribution < -0.4 is 0 Å². The van der Waals surface area contributed by atoms with Gasteiger partial charge in [0.25, 0.3) is 0 Å². The van der Waals surface area contributed by atoms with E-state index in [2.05, 4.69) is 6.58 Å². The predicted octanol–water partition coefficient (Wildman–Crippen LogP) is 1.87. The van der Waals surface area contributed by atoms with Crippen LogP contribution in [0.15, 0.2) is 18.7 Å². The van der Waals surface area contributed by atoms with E-state index in [1.54, 1.807) is 0 Å². The first-order valence-corrected chi connectivity index (χ1v) is 3.44. The lowest BCUT2D eigenvalue weighted by Crippen LogP contribution is -1.98. The standard InChI is InChI=1S/C9H7FO3/c1-2-5-3-6(9(12)13)4-7(10)8(5)11/h2-4,11H,1H2,(H,12,13). The Balaban J connectivity index is 3.38. The van der Waals surface area contributed by atoms with Crippen molar-refractivity contribution in [3.63, 3.8) is 0 Å². The number of phenols is 1. The third-order valence-electron chi connectivity index (χ3n) is 1.56. The molecule has 0 aliphatic heterocycles. The molecule has 0 aliphatic rings. The number of halogens is 1. The number of hydrogen-bond donors (Lipinski definition) is 2. The molecule has 0 fully saturated rings. The van der Waals surface area contributed by atoms with Crippen LogP contribution in [0.1, 0.15) is 15.9 Å². The fraction of sp³-hybridized carbons (Fsp3) is 0. The van der Waals surface area contributed by atoms with Crippen LogP contribution >= 0.6 is 0 Å². The highest BCUT2D eigenvalue weighted by atomic mass is 19.1. The number of aromatic carboxylic acids is 1. The Labute approximate surface area is 73.8 Å². The zero-order valence-corrected chi connectivity index (χ0v) is 6.62. The Morgan fingerprint density at radius 3 is 2.62 bits per heavy atom. The monoisotopic (exact) mass is 182 g/mol. The molecule has 0 bridgehead atoms. The fourth-order valence-electron chi connectivity index (χ4n) is 0.899. The maximum atomic E-state index is 12.8. The van der Waals surface area contributed by atoms with E-state index in [1.165, 1.54) is 6.08 Å². The Morgan fingerprint density at radius 1 is 1.54 bits per heavy atom. The first-order chi connectivity index (χ1) is 6.06. The SMILES string of the molecule is C=Cc1cc(C(=O)O)cc(F)c1O. The maximum absolute atomic E-state index is 12.8. The van der Waals surface area contributed by atoms with Gasteiger partial charge in [-0.05, 0) is 12.1 Å². The molecule has 1 rings (SSSR count). The highest BCUT2D eigenvalue weighted by Gasteiger charge is 2.11. The second-order valence-corrected chi connectivity index (χ2v) is 2.41. The molecule has 68 valence electrons. The van der Waals surface area contributed by atoms with Gasteiger partial charge in [0.1, 0.15) is 0 Å². The van der Waals surface area contributed by atoms with Crippen molar-refractivity contribution in [2.75, 3.05) is 0 Å². The minimum Gasteiger partial charge on any atom is -0.504 e. The number of benzene rings is 1. The molecule has 0 spiro atoms. The number of hydrogen-bond acceptors (Lipinski definition) is 2. The van der Waals surface area contributed by atoms with Gasteiger partial charge in [0.15, 0.2) is 11.6 Å². The van der Waals surface area contributed by atoms with Crippen LogP contribution in [0.2, 0.25) is 0 Å². The molecule has 1 aromatic rings. The molecular weight excluding hydrogens is 175 g/mol. The van der Waals surface area contributed by atoms with Crippen molar-refractivity contribution in [1.82, 2.24) is 0 Å². The van der Waals surface area contributed by atoms with Crippen LogP contribution in [0.4, 0.5) is 4.39 Å². The number of carboxylic acids is 1. The van der Waals surface area contributed by atoms with Gasteiger partial charge >= 0.3 is 5.97 Å². The molecule has 0 saturated carbocycles. The van der Waals surface area contributed by atoms with Crippen LogP contribution in [-0.2, 0) is 0 Å². The van der Waals surface area contributed by atoms with Crippen molar-refractivity contribution in [2.24, 2.45) is 0 Å².